The third kappa shape index (κ3) is 4.89. The minimum absolute atomic E-state index is 0.00123. The van der Waals surface area contributed by atoms with E-state index in [0.717, 1.165) is 31.7 Å². The molecule has 1 unspecified atom stereocenters. The molecule has 0 spiro atoms. The molecule has 2 aromatic carbocycles. The Balaban J connectivity index is 1.22. The normalized spacial score (nSPS) is 18.9. The highest BCUT2D eigenvalue weighted by Crippen LogP contribution is 2.50. The summed E-state index contributed by atoms with van der Waals surface area (Å²) in [5, 5.41) is 7.07. The molecule has 1 aliphatic heterocycles. The molecule has 2 aromatic heterocycles. The van der Waals surface area contributed by atoms with Crippen LogP contribution in [0.2, 0.25) is 0 Å². The first-order chi connectivity index (χ1) is 18.8. The number of likely N-dealkylation sites (N-methyl/N-ethyl adjacent to an activating group) is 1. The molecule has 1 aliphatic carbocycles. The van der Waals surface area contributed by atoms with Crippen molar-refractivity contribution in [2.45, 2.75) is 25.3 Å². The summed E-state index contributed by atoms with van der Waals surface area (Å²) in [6.07, 6.45) is 3.09. The molecule has 1 saturated heterocycles. The van der Waals surface area contributed by atoms with Crippen molar-refractivity contribution in [2.75, 3.05) is 38.5 Å². The van der Waals surface area contributed by atoms with E-state index in [0.29, 0.717) is 33.7 Å². The number of halogens is 2. The summed E-state index contributed by atoms with van der Waals surface area (Å²) in [6, 6.07) is 13.5. The lowest BCUT2D eigenvalue weighted by atomic mass is 10.0. The van der Waals surface area contributed by atoms with Crippen molar-refractivity contribution in [3.8, 4) is 11.8 Å². The van der Waals surface area contributed by atoms with Crippen molar-refractivity contribution in [3.05, 3.63) is 94.4 Å². The maximum Gasteiger partial charge on any atom is 0.275 e. The minimum atomic E-state index is -2.94. The molecule has 1 amide bonds. The molecule has 2 aliphatic rings. The van der Waals surface area contributed by atoms with Crippen LogP contribution in [0, 0.1) is 18.8 Å². The molecular weight excluding hydrogens is 498 g/mol. The van der Waals surface area contributed by atoms with Gasteiger partial charge in [0.2, 0.25) is 0 Å². The number of amides is 1. The van der Waals surface area contributed by atoms with Gasteiger partial charge in [0.05, 0.1) is 6.20 Å². The molecule has 0 bridgehead atoms. The van der Waals surface area contributed by atoms with E-state index in [9.17, 15) is 4.79 Å². The second kappa shape index (κ2) is 9.88. The number of nitrogens with zero attached hydrogens (tertiary/aromatic N) is 5. The lowest BCUT2D eigenvalue weighted by Gasteiger charge is -2.36. The molecule has 4 aromatic rings. The molecular formula is C30H28F2N6O. The number of benzene rings is 2. The number of rotatable bonds is 3. The second-order valence-electron chi connectivity index (χ2n) is 10.2. The Kier molecular flexibility index (Phi) is 6.37. The lowest BCUT2D eigenvalue weighted by molar-refractivity contribution is -0.0257. The number of hydrogen-bond donors (Lipinski definition) is 1. The molecule has 1 atom stereocenters. The number of aromatic nitrogens is 3. The monoisotopic (exact) mass is 526 g/mol. The van der Waals surface area contributed by atoms with Gasteiger partial charge in [0.25, 0.3) is 11.8 Å². The van der Waals surface area contributed by atoms with Gasteiger partial charge in [-0.1, -0.05) is 18.1 Å². The lowest BCUT2D eigenvalue weighted by Crippen LogP contribution is -2.45. The number of carbonyl (C=O) groups is 1. The van der Waals surface area contributed by atoms with Crippen LogP contribution in [0.25, 0.3) is 5.65 Å². The van der Waals surface area contributed by atoms with Crippen molar-refractivity contribution in [1.29, 1.82) is 0 Å². The van der Waals surface area contributed by atoms with Gasteiger partial charge in [-0.15, -0.1) is 0 Å². The van der Waals surface area contributed by atoms with E-state index in [2.05, 4.69) is 37.0 Å². The smallest absolute Gasteiger partial charge is 0.275 e. The fourth-order valence-corrected chi connectivity index (χ4v) is 5.31. The highest BCUT2D eigenvalue weighted by molar-refractivity contribution is 6.04. The van der Waals surface area contributed by atoms with E-state index in [1.54, 1.807) is 47.2 Å². The molecule has 0 radical (unpaired) electrons. The van der Waals surface area contributed by atoms with Crippen LogP contribution in [0.3, 0.4) is 0 Å². The number of imidazole rings is 1. The summed E-state index contributed by atoms with van der Waals surface area (Å²) < 4.78 is 31.8. The van der Waals surface area contributed by atoms with Gasteiger partial charge in [0, 0.05) is 67.2 Å². The summed E-state index contributed by atoms with van der Waals surface area (Å²) >= 11 is 0. The Morgan fingerprint density at radius 1 is 1.08 bits per heavy atom. The summed E-state index contributed by atoms with van der Waals surface area (Å²) in [5.74, 6) is 2.87. The van der Waals surface area contributed by atoms with Crippen LogP contribution in [0.5, 0.6) is 0 Å². The number of fused-ring (bicyclic) bond motifs is 2. The predicted molar refractivity (Wildman–Crippen MR) is 145 cm³/mol. The summed E-state index contributed by atoms with van der Waals surface area (Å²) in [6.45, 7) is 5.18. The number of piperazine rings is 1. The molecule has 6 rings (SSSR count). The summed E-state index contributed by atoms with van der Waals surface area (Å²) in [7, 11) is 2.05. The van der Waals surface area contributed by atoms with Gasteiger partial charge in [-0.2, -0.15) is 5.10 Å². The third-order valence-corrected chi connectivity index (χ3v) is 7.60. The molecule has 198 valence electrons. The maximum absolute atomic E-state index is 15.1. The molecule has 1 fully saturated rings. The van der Waals surface area contributed by atoms with Gasteiger partial charge < -0.3 is 10.2 Å². The molecule has 7 nitrogen and oxygen atoms in total. The van der Waals surface area contributed by atoms with E-state index < -0.39 is 5.92 Å². The van der Waals surface area contributed by atoms with E-state index in [1.165, 1.54) is 6.07 Å². The Morgan fingerprint density at radius 2 is 1.90 bits per heavy atom. The van der Waals surface area contributed by atoms with Crippen molar-refractivity contribution < 1.29 is 13.6 Å². The Labute approximate surface area is 225 Å². The Bertz CT molecular complexity index is 1630. The van der Waals surface area contributed by atoms with Crippen LogP contribution >= 0.6 is 0 Å². The molecule has 39 heavy (non-hydrogen) atoms. The SMILES string of the molecule is Cc1ccc(C(=O)Nc2ccc3c(c2)C(F)(F)CC3N2CCN(C)CC2)cc1C#Cc1cnc2cccnn12. The largest absolute Gasteiger partial charge is 0.322 e. The van der Waals surface area contributed by atoms with Crippen LogP contribution in [0.4, 0.5) is 14.5 Å². The molecule has 9 heteroatoms. The number of nitrogens with one attached hydrogen (secondary N) is 1. The van der Waals surface area contributed by atoms with Crippen LogP contribution < -0.4 is 5.32 Å². The van der Waals surface area contributed by atoms with Crippen molar-refractivity contribution in [1.82, 2.24) is 24.4 Å². The fraction of sp³-hybridized carbons (Fsp3) is 0.300. The zero-order valence-electron chi connectivity index (χ0n) is 21.8. The van der Waals surface area contributed by atoms with E-state index in [1.807, 2.05) is 26.1 Å². The second-order valence-corrected chi connectivity index (χ2v) is 10.2. The Hall–Kier alpha value is -4.13. The number of alkyl halides is 2. The number of aryl methyl sites for hydroxylation is 1. The van der Waals surface area contributed by atoms with Gasteiger partial charge in [-0.05, 0) is 67.4 Å². The van der Waals surface area contributed by atoms with Gasteiger partial charge in [0.15, 0.2) is 5.65 Å². The average molecular weight is 527 g/mol. The molecule has 3 heterocycles. The van der Waals surface area contributed by atoms with Crippen LogP contribution in [-0.4, -0.2) is 63.5 Å². The summed E-state index contributed by atoms with van der Waals surface area (Å²) in [5.41, 5.74) is 4.32. The van der Waals surface area contributed by atoms with Crippen LogP contribution in [0.1, 0.15) is 50.8 Å². The van der Waals surface area contributed by atoms with E-state index >= 15 is 8.78 Å². The predicted octanol–water partition coefficient (Wildman–Crippen LogP) is 4.47. The van der Waals surface area contributed by atoms with Gasteiger partial charge in [0.1, 0.15) is 5.69 Å². The Morgan fingerprint density at radius 3 is 2.72 bits per heavy atom. The van der Waals surface area contributed by atoms with Gasteiger partial charge in [-0.3, -0.25) is 9.69 Å². The van der Waals surface area contributed by atoms with Gasteiger partial charge in [-0.25, -0.2) is 18.3 Å². The topological polar surface area (TPSA) is 65.8 Å². The first-order valence-electron chi connectivity index (χ1n) is 13.0. The number of hydrogen-bond acceptors (Lipinski definition) is 5. The van der Waals surface area contributed by atoms with Crippen molar-refractivity contribution in [3.63, 3.8) is 0 Å². The minimum Gasteiger partial charge on any atom is -0.322 e. The number of carbonyl (C=O) groups excluding carboxylic acids is 1. The molecule has 1 N–H and O–H groups in total. The standard InChI is InChI=1S/C30H28F2N6O/c1-20-5-6-22(16-21(20)7-9-24-19-33-28-4-3-11-34-38(24)28)29(39)35-23-8-10-25-26(17-23)30(31,32)18-27(25)37-14-12-36(2)13-15-37/h3-6,8,10-11,16-17,19,27H,12-15,18H2,1-2H3,(H,35,39). The van der Waals surface area contributed by atoms with E-state index in [-0.39, 0.29) is 23.9 Å². The zero-order chi connectivity index (χ0) is 27.1. The quantitative estimate of drug-likeness (QED) is 0.399. The zero-order valence-corrected chi connectivity index (χ0v) is 21.8. The fourth-order valence-electron chi connectivity index (χ4n) is 5.31. The van der Waals surface area contributed by atoms with Crippen molar-refractivity contribution >= 4 is 17.2 Å². The summed E-state index contributed by atoms with van der Waals surface area (Å²) in [4.78, 5) is 21.8. The highest BCUT2D eigenvalue weighted by Gasteiger charge is 2.47. The highest BCUT2D eigenvalue weighted by atomic mass is 19.3. The molecule has 0 saturated carbocycles. The van der Waals surface area contributed by atoms with E-state index in [4.69, 9.17) is 0 Å². The average Bonchev–Trinajstić information content (AvgIpc) is 3.46. The first-order valence-corrected chi connectivity index (χ1v) is 13.0. The maximum atomic E-state index is 15.1. The van der Waals surface area contributed by atoms with Crippen LogP contribution in [0.15, 0.2) is 60.9 Å². The van der Waals surface area contributed by atoms with Gasteiger partial charge >= 0.3 is 0 Å². The number of anilines is 1. The van der Waals surface area contributed by atoms with Crippen LogP contribution in [-0.2, 0) is 5.92 Å². The van der Waals surface area contributed by atoms with Crippen molar-refractivity contribution in [2.24, 2.45) is 0 Å². The third-order valence-electron chi connectivity index (χ3n) is 7.60. The first kappa shape index (κ1) is 25.2.